The molecule has 1 atom stereocenters. The van der Waals surface area contributed by atoms with Crippen molar-refractivity contribution >= 4 is 17.2 Å². The predicted octanol–water partition coefficient (Wildman–Crippen LogP) is 3.68. The van der Waals surface area contributed by atoms with Gasteiger partial charge >= 0.3 is 0 Å². The Hall–Kier alpha value is -1.81. The summed E-state index contributed by atoms with van der Waals surface area (Å²) in [6, 6.07) is 9.66. The molecular weight excluding hydrogens is 294 g/mol. The van der Waals surface area contributed by atoms with Crippen molar-refractivity contribution in [2.75, 3.05) is 13.2 Å². The molecule has 0 saturated heterocycles. The number of amides is 1. The average Bonchev–Trinajstić information content (AvgIpc) is 2.95. The molecule has 2 aromatic rings. The SMILES string of the molecule is CC1CCc2c(C(=O)NCCOc3ccccc3)csc2C1. The molecule has 3 nitrogen and oxygen atoms in total. The number of carbonyl (C=O) groups is 1. The van der Waals surface area contributed by atoms with Gasteiger partial charge in [-0.05, 0) is 42.9 Å². The lowest BCUT2D eigenvalue weighted by atomic mass is 9.88. The molecule has 116 valence electrons. The third-order valence-corrected chi connectivity index (χ3v) is 5.10. The second-order valence-corrected chi connectivity index (χ2v) is 6.78. The summed E-state index contributed by atoms with van der Waals surface area (Å²) in [5, 5.41) is 4.97. The Morgan fingerprint density at radius 3 is 3.00 bits per heavy atom. The van der Waals surface area contributed by atoms with Crippen LogP contribution >= 0.6 is 11.3 Å². The molecule has 1 heterocycles. The van der Waals surface area contributed by atoms with Crippen LogP contribution in [0, 0.1) is 5.92 Å². The van der Waals surface area contributed by atoms with E-state index in [-0.39, 0.29) is 5.91 Å². The number of benzene rings is 1. The standard InChI is InChI=1S/C18H21NO2S/c1-13-7-8-15-16(12-22-17(15)11-13)18(20)19-9-10-21-14-5-3-2-4-6-14/h2-6,12-13H,7-11H2,1H3,(H,19,20). The first-order valence-corrected chi connectivity index (χ1v) is 8.67. The van der Waals surface area contributed by atoms with Gasteiger partial charge in [0, 0.05) is 10.3 Å². The van der Waals surface area contributed by atoms with Crippen LogP contribution in [-0.2, 0) is 12.8 Å². The predicted molar refractivity (Wildman–Crippen MR) is 89.8 cm³/mol. The van der Waals surface area contributed by atoms with Crippen LogP contribution in [-0.4, -0.2) is 19.1 Å². The van der Waals surface area contributed by atoms with Gasteiger partial charge in [-0.25, -0.2) is 0 Å². The minimum Gasteiger partial charge on any atom is -0.492 e. The highest BCUT2D eigenvalue weighted by Crippen LogP contribution is 2.32. The topological polar surface area (TPSA) is 38.3 Å². The van der Waals surface area contributed by atoms with Crippen molar-refractivity contribution in [1.29, 1.82) is 0 Å². The van der Waals surface area contributed by atoms with Crippen LogP contribution < -0.4 is 10.1 Å². The monoisotopic (exact) mass is 315 g/mol. The molecule has 1 aromatic heterocycles. The molecule has 3 rings (SSSR count). The molecule has 4 heteroatoms. The lowest BCUT2D eigenvalue weighted by molar-refractivity contribution is 0.0946. The van der Waals surface area contributed by atoms with Crippen LogP contribution in [0.15, 0.2) is 35.7 Å². The van der Waals surface area contributed by atoms with E-state index < -0.39 is 0 Å². The van der Waals surface area contributed by atoms with Gasteiger partial charge in [0.1, 0.15) is 12.4 Å². The molecule has 1 aliphatic carbocycles. The zero-order valence-corrected chi connectivity index (χ0v) is 13.6. The van der Waals surface area contributed by atoms with E-state index in [1.165, 1.54) is 16.9 Å². The summed E-state index contributed by atoms with van der Waals surface area (Å²) in [6.07, 6.45) is 3.33. The van der Waals surface area contributed by atoms with Gasteiger partial charge in [-0.3, -0.25) is 4.79 Å². The van der Waals surface area contributed by atoms with Crippen molar-refractivity contribution in [3.8, 4) is 5.75 Å². The Labute approximate surface area is 135 Å². The van der Waals surface area contributed by atoms with E-state index in [0.717, 1.165) is 30.1 Å². The van der Waals surface area contributed by atoms with Crippen molar-refractivity contribution in [3.63, 3.8) is 0 Å². The normalized spacial score (nSPS) is 16.9. The van der Waals surface area contributed by atoms with Crippen molar-refractivity contribution in [2.24, 2.45) is 5.92 Å². The van der Waals surface area contributed by atoms with Gasteiger partial charge in [-0.1, -0.05) is 25.1 Å². The number of para-hydroxylation sites is 1. The first-order chi connectivity index (χ1) is 10.7. The summed E-state index contributed by atoms with van der Waals surface area (Å²) in [5.74, 6) is 1.60. The Bertz CT molecular complexity index is 636. The number of thiophene rings is 1. The molecule has 0 spiro atoms. The third kappa shape index (κ3) is 3.50. The third-order valence-electron chi connectivity index (χ3n) is 4.05. The Kier molecular flexibility index (Phi) is 4.78. The summed E-state index contributed by atoms with van der Waals surface area (Å²) >= 11 is 1.73. The minimum absolute atomic E-state index is 0.0312. The van der Waals surface area contributed by atoms with Crippen LogP contribution in [0.5, 0.6) is 5.75 Å². The van der Waals surface area contributed by atoms with E-state index in [9.17, 15) is 4.79 Å². The van der Waals surface area contributed by atoms with Crippen molar-refractivity contribution < 1.29 is 9.53 Å². The molecule has 1 unspecified atom stereocenters. The highest BCUT2D eigenvalue weighted by atomic mass is 32.1. The van der Waals surface area contributed by atoms with Gasteiger partial charge in [0.15, 0.2) is 0 Å². The van der Waals surface area contributed by atoms with Gasteiger partial charge in [-0.15, -0.1) is 11.3 Å². The van der Waals surface area contributed by atoms with E-state index in [0.29, 0.717) is 13.2 Å². The smallest absolute Gasteiger partial charge is 0.252 e. The largest absolute Gasteiger partial charge is 0.492 e. The summed E-state index contributed by atoms with van der Waals surface area (Å²) < 4.78 is 5.59. The molecule has 0 fully saturated rings. The number of nitrogens with one attached hydrogen (secondary N) is 1. The van der Waals surface area contributed by atoms with E-state index in [1.807, 2.05) is 35.7 Å². The number of hydrogen-bond acceptors (Lipinski definition) is 3. The maximum atomic E-state index is 12.3. The van der Waals surface area contributed by atoms with Gasteiger partial charge in [0.2, 0.25) is 0 Å². The lowest BCUT2D eigenvalue weighted by Gasteiger charge is -2.18. The molecule has 1 aliphatic rings. The fraction of sp³-hybridized carbons (Fsp3) is 0.389. The Morgan fingerprint density at radius 1 is 1.36 bits per heavy atom. The first-order valence-electron chi connectivity index (χ1n) is 7.79. The average molecular weight is 315 g/mol. The summed E-state index contributed by atoms with van der Waals surface area (Å²) in [7, 11) is 0. The highest BCUT2D eigenvalue weighted by molar-refractivity contribution is 7.10. The van der Waals surface area contributed by atoms with Gasteiger partial charge in [-0.2, -0.15) is 0 Å². The Morgan fingerprint density at radius 2 is 2.18 bits per heavy atom. The lowest BCUT2D eigenvalue weighted by Crippen LogP contribution is -2.29. The number of fused-ring (bicyclic) bond motifs is 1. The van der Waals surface area contributed by atoms with Crippen LogP contribution in [0.3, 0.4) is 0 Å². The first kappa shape index (κ1) is 15.1. The number of rotatable bonds is 5. The quantitative estimate of drug-likeness (QED) is 0.855. The molecule has 0 aliphatic heterocycles. The fourth-order valence-corrected chi connectivity index (χ4v) is 4.06. The van der Waals surface area contributed by atoms with Gasteiger partial charge < -0.3 is 10.1 Å². The number of ether oxygens (including phenoxy) is 1. The summed E-state index contributed by atoms with van der Waals surface area (Å²) in [4.78, 5) is 13.7. The molecule has 0 radical (unpaired) electrons. The van der Waals surface area contributed by atoms with Crippen molar-refractivity contribution in [2.45, 2.75) is 26.2 Å². The van der Waals surface area contributed by atoms with E-state index in [2.05, 4.69) is 12.2 Å². The van der Waals surface area contributed by atoms with Crippen LogP contribution in [0.1, 0.15) is 34.1 Å². The van der Waals surface area contributed by atoms with E-state index in [1.54, 1.807) is 11.3 Å². The Balaban J connectivity index is 1.50. The molecule has 1 amide bonds. The van der Waals surface area contributed by atoms with Crippen LogP contribution in [0.2, 0.25) is 0 Å². The second-order valence-electron chi connectivity index (χ2n) is 5.82. The molecule has 1 N–H and O–H groups in total. The van der Waals surface area contributed by atoms with Gasteiger partial charge in [0.25, 0.3) is 5.91 Å². The van der Waals surface area contributed by atoms with Crippen LogP contribution in [0.4, 0.5) is 0 Å². The van der Waals surface area contributed by atoms with Crippen molar-refractivity contribution in [1.82, 2.24) is 5.32 Å². The number of hydrogen-bond donors (Lipinski definition) is 1. The summed E-state index contributed by atoms with van der Waals surface area (Å²) in [5.41, 5.74) is 2.14. The zero-order chi connectivity index (χ0) is 15.4. The minimum atomic E-state index is 0.0312. The molecule has 22 heavy (non-hydrogen) atoms. The van der Waals surface area contributed by atoms with E-state index >= 15 is 0 Å². The highest BCUT2D eigenvalue weighted by Gasteiger charge is 2.22. The number of carbonyl (C=O) groups excluding carboxylic acids is 1. The van der Waals surface area contributed by atoms with Crippen molar-refractivity contribution in [3.05, 3.63) is 51.7 Å². The second kappa shape index (κ2) is 6.97. The van der Waals surface area contributed by atoms with Gasteiger partial charge in [0.05, 0.1) is 12.1 Å². The maximum Gasteiger partial charge on any atom is 0.252 e. The maximum absolute atomic E-state index is 12.3. The molecular formula is C18H21NO2S. The van der Waals surface area contributed by atoms with Crippen LogP contribution in [0.25, 0.3) is 0 Å². The van der Waals surface area contributed by atoms with E-state index in [4.69, 9.17) is 4.74 Å². The molecule has 0 saturated carbocycles. The molecule has 1 aromatic carbocycles. The zero-order valence-electron chi connectivity index (χ0n) is 12.8. The summed E-state index contributed by atoms with van der Waals surface area (Å²) in [6.45, 7) is 3.29. The fourth-order valence-electron chi connectivity index (χ4n) is 2.81. The molecule has 0 bridgehead atoms.